The molecule has 0 aliphatic carbocycles. The Bertz CT molecular complexity index is 1280. The maximum Gasteiger partial charge on any atom is 0.303 e. The average Bonchev–Trinajstić information content (AvgIpc) is 2.79. The van der Waals surface area contributed by atoms with Gasteiger partial charge in [-0.1, -0.05) is 39.7 Å². The van der Waals surface area contributed by atoms with E-state index < -0.39 is 11.9 Å². The van der Waals surface area contributed by atoms with Crippen LogP contribution in [0, 0.1) is 6.92 Å². The summed E-state index contributed by atoms with van der Waals surface area (Å²) in [6.45, 7) is 4.51. The number of anilines is 3. The van der Waals surface area contributed by atoms with Crippen molar-refractivity contribution in [2.75, 3.05) is 17.2 Å². The van der Waals surface area contributed by atoms with Crippen LogP contribution in [0.2, 0.25) is 5.02 Å². The van der Waals surface area contributed by atoms with Crippen molar-refractivity contribution in [3.05, 3.63) is 80.8 Å². The molecule has 3 N–H and O–H groups in total. The summed E-state index contributed by atoms with van der Waals surface area (Å²) in [6, 6.07) is 16.6. The fourth-order valence-electron chi connectivity index (χ4n) is 3.39. The van der Waals surface area contributed by atoms with Crippen LogP contribution in [0.3, 0.4) is 0 Å². The van der Waals surface area contributed by atoms with Gasteiger partial charge in [0.25, 0.3) is 0 Å². The van der Waals surface area contributed by atoms with Gasteiger partial charge in [0, 0.05) is 22.1 Å². The Kier molecular flexibility index (Phi) is 9.26. The van der Waals surface area contributed by atoms with Crippen molar-refractivity contribution in [1.82, 2.24) is 0 Å². The number of ether oxygens (including phenoxy) is 1. The second kappa shape index (κ2) is 12.2. The normalized spacial score (nSPS) is 10.5. The van der Waals surface area contributed by atoms with Crippen LogP contribution in [0.5, 0.6) is 5.75 Å². The molecule has 35 heavy (non-hydrogen) atoms. The van der Waals surface area contributed by atoms with E-state index in [0.717, 1.165) is 26.9 Å². The molecule has 3 rings (SSSR count). The van der Waals surface area contributed by atoms with Crippen molar-refractivity contribution in [1.29, 1.82) is 0 Å². The number of carbonyl (C=O) groups excluding carboxylic acids is 1. The Hall–Kier alpha value is -2.94. The van der Waals surface area contributed by atoms with Gasteiger partial charge in [-0.3, -0.25) is 9.59 Å². The topological polar surface area (TPSA) is 87.7 Å². The number of nitrogens with one attached hydrogen (secondary N) is 2. The summed E-state index contributed by atoms with van der Waals surface area (Å²) in [7, 11) is 0. The van der Waals surface area contributed by atoms with Crippen LogP contribution in [0.4, 0.5) is 17.1 Å². The number of hydrogen-bond acceptors (Lipinski definition) is 5. The maximum absolute atomic E-state index is 12.2. The van der Waals surface area contributed by atoms with Gasteiger partial charge in [0.1, 0.15) is 5.75 Å². The third-order valence-electron chi connectivity index (χ3n) is 5.07. The van der Waals surface area contributed by atoms with Crippen molar-refractivity contribution in [2.24, 2.45) is 0 Å². The summed E-state index contributed by atoms with van der Waals surface area (Å²) in [5.74, 6) is -0.624. The highest BCUT2D eigenvalue weighted by Gasteiger charge is 2.14. The number of rotatable bonds is 10. The van der Waals surface area contributed by atoms with Crippen LogP contribution in [-0.4, -0.2) is 28.5 Å². The van der Waals surface area contributed by atoms with Crippen molar-refractivity contribution >= 4 is 73.6 Å². The lowest BCUT2D eigenvalue weighted by molar-refractivity contribution is -0.138. The Balaban J connectivity index is 1.80. The zero-order valence-corrected chi connectivity index (χ0v) is 22.3. The van der Waals surface area contributed by atoms with Gasteiger partial charge >= 0.3 is 5.97 Å². The summed E-state index contributed by atoms with van der Waals surface area (Å²) in [5.41, 5.74) is 4.48. The SMILES string of the molecule is CCOc1ccc(C(=S)c2ccc(Nc3ccc(Br)cc3NC(=O)CCC(=O)O)cc2Cl)c(C)c1. The summed E-state index contributed by atoms with van der Waals surface area (Å²) in [6.07, 6.45) is -0.363. The molecule has 0 aliphatic heterocycles. The van der Waals surface area contributed by atoms with Crippen LogP contribution in [0.1, 0.15) is 36.5 Å². The molecule has 3 aromatic rings. The highest BCUT2D eigenvalue weighted by molar-refractivity contribution is 9.10. The van der Waals surface area contributed by atoms with E-state index in [0.29, 0.717) is 33.6 Å². The maximum atomic E-state index is 12.2. The minimum absolute atomic E-state index is 0.121. The minimum atomic E-state index is -1.03. The Morgan fingerprint density at radius 1 is 1.03 bits per heavy atom. The van der Waals surface area contributed by atoms with Crippen molar-refractivity contribution in [3.63, 3.8) is 0 Å². The van der Waals surface area contributed by atoms with Crippen molar-refractivity contribution in [3.8, 4) is 5.75 Å². The first-order valence-corrected chi connectivity index (χ1v) is 12.4. The van der Waals surface area contributed by atoms with E-state index in [9.17, 15) is 9.59 Å². The average molecular weight is 576 g/mol. The summed E-state index contributed by atoms with van der Waals surface area (Å²) in [5, 5.41) is 15.3. The van der Waals surface area contributed by atoms with Crippen LogP contribution in [0.25, 0.3) is 0 Å². The third-order valence-corrected chi connectivity index (χ3v) is 6.31. The summed E-state index contributed by atoms with van der Waals surface area (Å²) >= 11 is 15.7. The van der Waals surface area contributed by atoms with Crippen LogP contribution in [-0.2, 0) is 9.59 Å². The molecule has 0 heterocycles. The molecular weight excluding hydrogens is 552 g/mol. The second-order valence-electron chi connectivity index (χ2n) is 7.69. The van der Waals surface area contributed by atoms with Crippen LogP contribution >= 0.6 is 39.7 Å². The molecular formula is C26H24BrClN2O4S. The largest absolute Gasteiger partial charge is 0.494 e. The van der Waals surface area contributed by atoms with E-state index in [1.54, 1.807) is 18.2 Å². The first-order chi connectivity index (χ1) is 16.7. The van der Waals surface area contributed by atoms with Gasteiger partial charge < -0.3 is 20.5 Å². The van der Waals surface area contributed by atoms with Gasteiger partial charge in [0.2, 0.25) is 5.91 Å². The number of amides is 1. The predicted octanol–water partition coefficient (Wildman–Crippen LogP) is 7.12. The molecule has 0 radical (unpaired) electrons. The van der Waals surface area contributed by atoms with E-state index in [-0.39, 0.29) is 12.8 Å². The first-order valence-electron chi connectivity index (χ1n) is 10.8. The standard InChI is InChI=1S/C26H24BrClN2O4S/c1-3-34-18-6-8-19(15(2)12-18)26(35)20-7-5-17(14-21(20)28)29-22-9-4-16(27)13-23(22)30-24(31)10-11-25(32)33/h4-9,12-14,29H,3,10-11H2,1-2H3,(H,30,31)(H,32,33). The van der Waals surface area contributed by atoms with Gasteiger partial charge in [-0.2, -0.15) is 0 Å². The third kappa shape index (κ3) is 7.27. The molecule has 1 amide bonds. The van der Waals surface area contributed by atoms with Crippen molar-refractivity contribution < 1.29 is 19.4 Å². The van der Waals surface area contributed by atoms with Crippen molar-refractivity contribution in [2.45, 2.75) is 26.7 Å². The molecule has 0 unspecified atom stereocenters. The first kappa shape index (κ1) is 26.7. The van der Waals surface area contributed by atoms with Gasteiger partial charge in [-0.05, 0) is 79.6 Å². The zero-order valence-electron chi connectivity index (χ0n) is 19.2. The lowest BCUT2D eigenvalue weighted by atomic mass is 9.99. The highest BCUT2D eigenvalue weighted by Crippen LogP contribution is 2.32. The Morgan fingerprint density at radius 2 is 1.77 bits per heavy atom. The predicted molar refractivity (Wildman–Crippen MR) is 148 cm³/mol. The molecule has 0 aliphatic rings. The molecule has 3 aromatic carbocycles. The molecule has 182 valence electrons. The van der Waals surface area contributed by atoms with E-state index >= 15 is 0 Å². The molecule has 0 saturated heterocycles. The molecule has 0 fully saturated rings. The molecule has 0 spiro atoms. The number of halogens is 2. The van der Waals surface area contributed by atoms with Gasteiger partial charge in [-0.15, -0.1) is 0 Å². The summed E-state index contributed by atoms with van der Waals surface area (Å²) in [4.78, 5) is 23.6. The fraction of sp³-hybridized carbons (Fsp3) is 0.192. The number of aliphatic carboxylic acids is 1. The van der Waals surface area contributed by atoms with Gasteiger partial charge in [-0.25, -0.2) is 0 Å². The molecule has 0 aromatic heterocycles. The number of thiocarbonyl (C=S) groups is 1. The molecule has 6 nitrogen and oxygen atoms in total. The fourth-order valence-corrected chi connectivity index (χ4v) is 4.49. The van der Waals surface area contributed by atoms with E-state index in [2.05, 4.69) is 26.6 Å². The molecule has 9 heteroatoms. The van der Waals surface area contributed by atoms with E-state index in [1.807, 2.05) is 50.2 Å². The summed E-state index contributed by atoms with van der Waals surface area (Å²) < 4.78 is 6.32. The van der Waals surface area contributed by atoms with E-state index in [4.69, 9.17) is 33.7 Å². The number of carboxylic acid groups (broad SMARTS) is 1. The van der Waals surface area contributed by atoms with Crippen LogP contribution in [0.15, 0.2) is 59.1 Å². The molecule has 0 bridgehead atoms. The Labute approximate surface area is 222 Å². The number of carboxylic acids is 1. The zero-order chi connectivity index (χ0) is 25.5. The van der Waals surface area contributed by atoms with Gasteiger partial charge in [0.05, 0.1) is 34.3 Å². The Morgan fingerprint density at radius 3 is 2.43 bits per heavy atom. The number of aryl methyl sites for hydroxylation is 1. The number of benzene rings is 3. The van der Waals surface area contributed by atoms with E-state index in [1.165, 1.54) is 0 Å². The lowest BCUT2D eigenvalue weighted by Crippen LogP contribution is -2.14. The molecule has 0 atom stereocenters. The van der Waals surface area contributed by atoms with Crippen LogP contribution < -0.4 is 15.4 Å². The quantitative estimate of drug-likeness (QED) is 0.176. The number of hydrogen-bond donors (Lipinski definition) is 3. The second-order valence-corrected chi connectivity index (χ2v) is 9.42. The minimum Gasteiger partial charge on any atom is -0.494 e. The number of carbonyl (C=O) groups is 2. The van der Waals surface area contributed by atoms with Gasteiger partial charge in [0.15, 0.2) is 0 Å². The monoisotopic (exact) mass is 574 g/mol. The highest BCUT2D eigenvalue weighted by atomic mass is 79.9. The molecule has 0 saturated carbocycles. The smallest absolute Gasteiger partial charge is 0.303 e. The lowest BCUT2D eigenvalue weighted by Gasteiger charge is -2.16.